The maximum absolute atomic E-state index is 10.7. The molecule has 5 heteroatoms. The van der Waals surface area contributed by atoms with Gasteiger partial charge in [0.2, 0.25) is 0 Å². The number of nitrogens with one attached hydrogen (secondary N) is 2. The summed E-state index contributed by atoms with van der Waals surface area (Å²) in [6, 6.07) is 2.42. The number of pyridine rings is 1. The van der Waals surface area contributed by atoms with Crippen LogP contribution in [0, 0.1) is 17.8 Å². The highest BCUT2D eigenvalue weighted by Crippen LogP contribution is 2.56. The van der Waals surface area contributed by atoms with Crippen molar-refractivity contribution in [2.45, 2.75) is 50.4 Å². The van der Waals surface area contributed by atoms with Crippen LogP contribution in [0.5, 0.6) is 0 Å². The Hall–Kier alpha value is -1.59. The summed E-state index contributed by atoms with van der Waals surface area (Å²) in [7, 11) is 0. The van der Waals surface area contributed by atoms with Crippen LogP contribution in [0.25, 0.3) is 11.0 Å². The quantitative estimate of drug-likeness (QED) is 0.701. The van der Waals surface area contributed by atoms with Crippen molar-refractivity contribution >= 4 is 16.7 Å². The number of nitrogens with zero attached hydrogens (tertiary/aromatic N) is 1. The average molecular weight is 313 g/mol. The molecule has 0 amide bonds. The van der Waals surface area contributed by atoms with Crippen molar-refractivity contribution in [2.24, 2.45) is 17.8 Å². The van der Waals surface area contributed by atoms with Crippen molar-refractivity contribution in [3.05, 3.63) is 24.0 Å². The van der Waals surface area contributed by atoms with E-state index in [-0.39, 0.29) is 6.61 Å². The number of aromatic amines is 1. The lowest BCUT2D eigenvalue weighted by atomic mass is 9.52. The number of hydrogen-bond acceptors (Lipinski definition) is 4. The molecule has 5 atom stereocenters. The zero-order valence-corrected chi connectivity index (χ0v) is 13.1. The lowest BCUT2D eigenvalue weighted by Crippen LogP contribution is -2.59. The van der Waals surface area contributed by atoms with E-state index in [4.69, 9.17) is 0 Å². The average Bonchev–Trinajstić information content (AvgIpc) is 2.98. The molecule has 0 radical (unpaired) electrons. The van der Waals surface area contributed by atoms with Crippen molar-refractivity contribution in [3.8, 4) is 0 Å². The van der Waals surface area contributed by atoms with Crippen LogP contribution in [0.15, 0.2) is 18.5 Å². The first-order chi connectivity index (χ1) is 11.1. The van der Waals surface area contributed by atoms with E-state index in [1.165, 1.54) is 12.8 Å². The maximum Gasteiger partial charge on any atom is 0.139 e. The molecule has 4 saturated carbocycles. The van der Waals surface area contributed by atoms with Gasteiger partial charge in [0, 0.05) is 29.4 Å². The molecule has 4 aliphatic rings. The van der Waals surface area contributed by atoms with E-state index in [0.717, 1.165) is 41.5 Å². The van der Waals surface area contributed by atoms with E-state index in [9.17, 15) is 10.2 Å². The lowest BCUT2D eigenvalue weighted by Gasteiger charge is -2.58. The van der Waals surface area contributed by atoms with Crippen LogP contribution in [-0.2, 0) is 6.61 Å². The van der Waals surface area contributed by atoms with Crippen molar-refractivity contribution in [3.63, 3.8) is 0 Å². The molecule has 4 aliphatic carbocycles. The van der Waals surface area contributed by atoms with E-state index in [0.29, 0.717) is 23.8 Å². The number of fused-ring (bicyclic) bond motifs is 1. The largest absolute Gasteiger partial charge is 0.392 e. The Kier molecular flexibility index (Phi) is 2.83. The van der Waals surface area contributed by atoms with Gasteiger partial charge in [-0.15, -0.1) is 0 Å². The van der Waals surface area contributed by atoms with Crippen LogP contribution in [0.4, 0.5) is 5.69 Å². The Bertz CT molecular complexity index is 740. The first kappa shape index (κ1) is 13.8. The van der Waals surface area contributed by atoms with Crippen LogP contribution in [-0.4, -0.2) is 31.8 Å². The Morgan fingerprint density at radius 2 is 2.04 bits per heavy atom. The van der Waals surface area contributed by atoms with Crippen molar-refractivity contribution in [1.82, 2.24) is 9.97 Å². The summed E-state index contributed by atoms with van der Waals surface area (Å²) >= 11 is 0. The van der Waals surface area contributed by atoms with Gasteiger partial charge in [-0.05, 0) is 55.9 Å². The molecule has 23 heavy (non-hydrogen) atoms. The van der Waals surface area contributed by atoms with E-state index in [1.807, 2.05) is 12.3 Å². The molecule has 4 bridgehead atoms. The molecule has 6 rings (SSSR count). The van der Waals surface area contributed by atoms with Crippen LogP contribution < -0.4 is 5.32 Å². The predicted octanol–water partition coefficient (Wildman–Crippen LogP) is 2.41. The summed E-state index contributed by atoms with van der Waals surface area (Å²) < 4.78 is 0. The molecule has 0 aliphatic heterocycles. The molecular weight excluding hydrogens is 290 g/mol. The van der Waals surface area contributed by atoms with Gasteiger partial charge >= 0.3 is 0 Å². The second kappa shape index (κ2) is 4.71. The number of hydrogen-bond donors (Lipinski definition) is 4. The Labute approximate surface area is 135 Å². The van der Waals surface area contributed by atoms with Gasteiger partial charge in [0.05, 0.1) is 17.9 Å². The van der Waals surface area contributed by atoms with Crippen molar-refractivity contribution in [1.29, 1.82) is 0 Å². The number of aromatic nitrogens is 2. The molecular formula is C18H23N3O2. The third kappa shape index (κ3) is 2.03. The number of H-pyrrole nitrogens is 1. The monoisotopic (exact) mass is 313 g/mol. The summed E-state index contributed by atoms with van der Waals surface area (Å²) in [5, 5.41) is 25.3. The number of aliphatic hydroxyl groups excluding tert-OH is 1. The number of rotatable bonds is 3. The van der Waals surface area contributed by atoms with Gasteiger partial charge in [0.25, 0.3) is 0 Å². The zero-order valence-electron chi connectivity index (χ0n) is 13.1. The smallest absolute Gasteiger partial charge is 0.139 e. The highest BCUT2D eigenvalue weighted by Gasteiger charge is 2.54. The topological polar surface area (TPSA) is 81.2 Å². The molecule has 2 aromatic rings. The first-order valence-corrected chi connectivity index (χ1v) is 8.70. The minimum atomic E-state index is -0.407. The van der Waals surface area contributed by atoms with Gasteiger partial charge in [-0.25, -0.2) is 4.98 Å². The van der Waals surface area contributed by atoms with Crippen LogP contribution in [0.1, 0.15) is 37.7 Å². The molecule has 2 aromatic heterocycles. The van der Waals surface area contributed by atoms with Gasteiger partial charge in [-0.3, -0.25) is 0 Å². The van der Waals surface area contributed by atoms with E-state index >= 15 is 0 Å². The zero-order chi connectivity index (χ0) is 15.6. The second-order valence-corrected chi connectivity index (χ2v) is 7.92. The molecule has 122 valence electrons. The normalized spacial score (nSPS) is 38.3. The molecule has 0 spiro atoms. The Balaban J connectivity index is 1.52. The SMILES string of the molecule is OCc1cnc2[nH]ccc2c1NC1[C@@H]2CC3C[C@H]1C[C@@](O)(C3)C2. The molecule has 0 saturated heterocycles. The van der Waals surface area contributed by atoms with Gasteiger partial charge in [0.1, 0.15) is 5.65 Å². The molecule has 5 nitrogen and oxygen atoms in total. The summed E-state index contributed by atoms with van der Waals surface area (Å²) in [6.45, 7) is -0.00886. The molecule has 4 N–H and O–H groups in total. The fourth-order valence-electron chi connectivity index (χ4n) is 5.72. The Morgan fingerprint density at radius 3 is 2.74 bits per heavy atom. The number of anilines is 1. The second-order valence-electron chi connectivity index (χ2n) is 7.92. The minimum absolute atomic E-state index is 0.00886. The predicted molar refractivity (Wildman–Crippen MR) is 87.9 cm³/mol. The first-order valence-electron chi connectivity index (χ1n) is 8.70. The van der Waals surface area contributed by atoms with E-state index in [1.54, 1.807) is 6.20 Å². The highest BCUT2D eigenvalue weighted by atomic mass is 16.3. The number of aliphatic hydroxyl groups is 2. The molecule has 2 heterocycles. The summed E-state index contributed by atoms with van der Waals surface area (Å²) in [5.74, 6) is 1.79. The standard InChI is InChI=1S/C18H23N3O2/c22-9-13-8-20-17-14(1-2-19-17)16(13)21-15-11-3-10-4-12(15)7-18(23,5-10)6-11/h1-2,8,10-12,15,22-23H,3-7,9H2,(H2,19,20,21)/t10?,11-,12+,15?,18-. The van der Waals surface area contributed by atoms with Crippen LogP contribution in [0.3, 0.4) is 0 Å². The summed E-state index contributed by atoms with van der Waals surface area (Å²) in [4.78, 5) is 7.52. The van der Waals surface area contributed by atoms with Crippen molar-refractivity contribution in [2.75, 3.05) is 5.32 Å². The molecule has 2 unspecified atom stereocenters. The molecule has 0 aromatic carbocycles. The summed E-state index contributed by atoms with van der Waals surface area (Å²) in [5.41, 5.74) is 2.32. The van der Waals surface area contributed by atoms with Crippen LogP contribution >= 0.6 is 0 Å². The van der Waals surface area contributed by atoms with Gasteiger partial charge in [-0.1, -0.05) is 0 Å². The van der Waals surface area contributed by atoms with E-state index < -0.39 is 5.60 Å². The minimum Gasteiger partial charge on any atom is -0.392 e. The van der Waals surface area contributed by atoms with E-state index in [2.05, 4.69) is 15.3 Å². The fraction of sp³-hybridized carbons (Fsp3) is 0.611. The Morgan fingerprint density at radius 1 is 1.26 bits per heavy atom. The third-order valence-corrected chi connectivity index (χ3v) is 6.39. The summed E-state index contributed by atoms with van der Waals surface area (Å²) in [6.07, 6.45) is 8.96. The molecule has 4 fully saturated rings. The lowest BCUT2D eigenvalue weighted by molar-refractivity contribution is -0.129. The van der Waals surface area contributed by atoms with Gasteiger partial charge < -0.3 is 20.5 Å². The van der Waals surface area contributed by atoms with Crippen LogP contribution in [0.2, 0.25) is 0 Å². The van der Waals surface area contributed by atoms with Gasteiger partial charge in [0.15, 0.2) is 0 Å². The third-order valence-electron chi connectivity index (χ3n) is 6.39. The maximum atomic E-state index is 10.7. The van der Waals surface area contributed by atoms with Gasteiger partial charge in [-0.2, -0.15) is 0 Å². The van der Waals surface area contributed by atoms with Crippen molar-refractivity contribution < 1.29 is 10.2 Å². The fourth-order valence-corrected chi connectivity index (χ4v) is 5.72. The highest BCUT2D eigenvalue weighted by molar-refractivity contribution is 5.91.